The summed E-state index contributed by atoms with van der Waals surface area (Å²) in [6.07, 6.45) is 5.07. The molecule has 17 heavy (non-hydrogen) atoms. The lowest BCUT2D eigenvalue weighted by molar-refractivity contribution is 1.12. The van der Waals surface area contributed by atoms with Crippen molar-refractivity contribution in [1.82, 2.24) is 15.0 Å². The van der Waals surface area contributed by atoms with Crippen LogP contribution < -0.4 is 10.6 Å². The molecule has 0 atom stereocenters. The second kappa shape index (κ2) is 5.25. The van der Waals surface area contributed by atoms with E-state index >= 15 is 0 Å². The van der Waals surface area contributed by atoms with Crippen LogP contribution >= 0.6 is 0 Å². The SMILES string of the molecule is CCNc1ccc(Nc2ncncc2C)cn1. The zero-order valence-electron chi connectivity index (χ0n) is 9.94. The number of hydrogen-bond donors (Lipinski definition) is 2. The lowest BCUT2D eigenvalue weighted by Gasteiger charge is -2.08. The molecule has 0 amide bonds. The van der Waals surface area contributed by atoms with Crippen LogP contribution in [0.2, 0.25) is 0 Å². The zero-order chi connectivity index (χ0) is 12.1. The molecular formula is C12H15N5. The second-order valence-electron chi connectivity index (χ2n) is 3.64. The van der Waals surface area contributed by atoms with Gasteiger partial charge in [0, 0.05) is 18.3 Å². The molecule has 0 unspecified atom stereocenters. The van der Waals surface area contributed by atoms with E-state index in [-0.39, 0.29) is 0 Å². The Balaban J connectivity index is 2.11. The summed E-state index contributed by atoms with van der Waals surface area (Å²) in [5.74, 6) is 1.68. The molecule has 0 bridgehead atoms. The van der Waals surface area contributed by atoms with Gasteiger partial charge in [-0.25, -0.2) is 15.0 Å². The molecule has 0 radical (unpaired) electrons. The molecular weight excluding hydrogens is 214 g/mol. The van der Waals surface area contributed by atoms with Crippen LogP contribution in [0.25, 0.3) is 0 Å². The van der Waals surface area contributed by atoms with E-state index in [0.717, 1.165) is 29.4 Å². The van der Waals surface area contributed by atoms with Gasteiger partial charge in [0.25, 0.3) is 0 Å². The molecule has 0 aliphatic rings. The average molecular weight is 229 g/mol. The van der Waals surface area contributed by atoms with E-state index in [1.54, 1.807) is 12.4 Å². The highest BCUT2D eigenvalue weighted by Gasteiger charge is 2.00. The van der Waals surface area contributed by atoms with Gasteiger partial charge in [-0.05, 0) is 26.0 Å². The van der Waals surface area contributed by atoms with Crippen molar-refractivity contribution < 1.29 is 0 Å². The summed E-state index contributed by atoms with van der Waals surface area (Å²) in [5, 5.41) is 6.35. The summed E-state index contributed by atoms with van der Waals surface area (Å²) in [4.78, 5) is 12.4. The van der Waals surface area contributed by atoms with Crippen LogP contribution in [-0.2, 0) is 0 Å². The van der Waals surface area contributed by atoms with Crippen LogP contribution in [0.5, 0.6) is 0 Å². The maximum Gasteiger partial charge on any atom is 0.136 e. The highest BCUT2D eigenvalue weighted by molar-refractivity contribution is 5.58. The Kier molecular flexibility index (Phi) is 3.49. The molecule has 0 saturated heterocycles. The standard InChI is InChI=1S/C12H15N5/c1-3-14-11-5-4-10(7-15-11)17-12-9(2)6-13-8-16-12/h4-8H,3H2,1-2H3,(H,14,15)(H,13,16,17). The van der Waals surface area contributed by atoms with Gasteiger partial charge in [0.15, 0.2) is 0 Å². The molecule has 2 heterocycles. The third-order valence-electron chi connectivity index (χ3n) is 2.28. The Morgan fingerprint density at radius 1 is 1.18 bits per heavy atom. The van der Waals surface area contributed by atoms with Crippen molar-refractivity contribution >= 4 is 17.3 Å². The third-order valence-corrected chi connectivity index (χ3v) is 2.28. The highest BCUT2D eigenvalue weighted by atomic mass is 15.0. The summed E-state index contributed by atoms with van der Waals surface area (Å²) in [6, 6.07) is 3.90. The molecule has 2 rings (SSSR count). The van der Waals surface area contributed by atoms with Gasteiger partial charge >= 0.3 is 0 Å². The summed E-state index contributed by atoms with van der Waals surface area (Å²) >= 11 is 0. The number of anilines is 3. The predicted octanol–water partition coefficient (Wildman–Crippen LogP) is 2.36. The normalized spacial score (nSPS) is 10.0. The fourth-order valence-corrected chi connectivity index (χ4v) is 1.42. The molecule has 2 aromatic heterocycles. The monoisotopic (exact) mass is 229 g/mol. The number of pyridine rings is 1. The van der Waals surface area contributed by atoms with Crippen molar-refractivity contribution in [1.29, 1.82) is 0 Å². The smallest absolute Gasteiger partial charge is 0.136 e. The van der Waals surface area contributed by atoms with Gasteiger partial charge in [-0.1, -0.05) is 0 Å². The first-order valence-corrected chi connectivity index (χ1v) is 5.53. The second-order valence-corrected chi connectivity index (χ2v) is 3.64. The van der Waals surface area contributed by atoms with E-state index < -0.39 is 0 Å². The molecule has 0 saturated carbocycles. The number of nitrogens with zero attached hydrogens (tertiary/aromatic N) is 3. The van der Waals surface area contributed by atoms with Crippen LogP contribution in [0.15, 0.2) is 30.9 Å². The summed E-state index contributed by atoms with van der Waals surface area (Å²) < 4.78 is 0. The molecule has 5 nitrogen and oxygen atoms in total. The quantitative estimate of drug-likeness (QED) is 0.842. The molecule has 0 aliphatic heterocycles. The van der Waals surface area contributed by atoms with Gasteiger partial charge in [0.05, 0.1) is 11.9 Å². The van der Waals surface area contributed by atoms with Crippen LogP contribution in [0.1, 0.15) is 12.5 Å². The predicted molar refractivity (Wildman–Crippen MR) is 68.5 cm³/mol. The van der Waals surface area contributed by atoms with Crippen LogP contribution in [0.4, 0.5) is 17.3 Å². The largest absolute Gasteiger partial charge is 0.370 e. The van der Waals surface area contributed by atoms with Crippen molar-refractivity contribution in [3.8, 4) is 0 Å². The van der Waals surface area contributed by atoms with Gasteiger partial charge in [0.2, 0.25) is 0 Å². The van der Waals surface area contributed by atoms with E-state index in [0.29, 0.717) is 0 Å². The molecule has 0 aromatic carbocycles. The Labute approximate surface area is 100 Å². The van der Waals surface area contributed by atoms with Crippen LogP contribution in [-0.4, -0.2) is 21.5 Å². The molecule has 5 heteroatoms. The molecule has 88 valence electrons. The maximum absolute atomic E-state index is 4.28. The maximum atomic E-state index is 4.28. The fourth-order valence-electron chi connectivity index (χ4n) is 1.42. The Bertz CT molecular complexity index is 481. The van der Waals surface area contributed by atoms with Crippen molar-refractivity contribution in [2.45, 2.75) is 13.8 Å². The number of nitrogens with one attached hydrogen (secondary N) is 2. The van der Waals surface area contributed by atoms with Crippen LogP contribution in [0, 0.1) is 6.92 Å². The first-order chi connectivity index (χ1) is 8.29. The number of aromatic nitrogens is 3. The molecule has 0 spiro atoms. The van der Waals surface area contributed by atoms with E-state index in [4.69, 9.17) is 0 Å². The average Bonchev–Trinajstić information content (AvgIpc) is 2.35. The summed E-state index contributed by atoms with van der Waals surface area (Å²) in [7, 11) is 0. The van der Waals surface area contributed by atoms with Crippen LogP contribution in [0.3, 0.4) is 0 Å². The van der Waals surface area contributed by atoms with Gasteiger partial charge in [-0.15, -0.1) is 0 Å². The van der Waals surface area contributed by atoms with Crippen molar-refractivity contribution in [3.05, 3.63) is 36.4 Å². The number of hydrogen-bond acceptors (Lipinski definition) is 5. The van der Waals surface area contributed by atoms with E-state index in [1.807, 2.05) is 26.0 Å². The lowest BCUT2D eigenvalue weighted by Crippen LogP contribution is -2.00. The Morgan fingerprint density at radius 3 is 2.71 bits per heavy atom. The number of aryl methyl sites for hydroxylation is 1. The van der Waals surface area contributed by atoms with Crippen molar-refractivity contribution in [2.24, 2.45) is 0 Å². The van der Waals surface area contributed by atoms with Gasteiger partial charge in [-0.2, -0.15) is 0 Å². The minimum atomic E-state index is 0.804. The lowest BCUT2D eigenvalue weighted by atomic mass is 10.3. The zero-order valence-corrected chi connectivity index (χ0v) is 9.94. The van der Waals surface area contributed by atoms with Gasteiger partial charge in [0.1, 0.15) is 18.0 Å². The fraction of sp³-hybridized carbons (Fsp3) is 0.250. The minimum absolute atomic E-state index is 0.804. The Hall–Kier alpha value is -2.17. The first kappa shape index (κ1) is 11.3. The van der Waals surface area contributed by atoms with E-state index in [2.05, 4.69) is 25.6 Å². The highest BCUT2D eigenvalue weighted by Crippen LogP contribution is 2.17. The molecule has 2 aromatic rings. The first-order valence-electron chi connectivity index (χ1n) is 5.53. The summed E-state index contributed by atoms with van der Waals surface area (Å²) in [6.45, 7) is 4.87. The van der Waals surface area contributed by atoms with E-state index in [1.165, 1.54) is 6.33 Å². The third kappa shape index (κ3) is 2.90. The molecule has 2 N–H and O–H groups in total. The van der Waals surface area contributed by atoms with Gasteiger partial charge in [-0.3, -0.25) is 0 Å². The number of rotatable bonds is 4. The molecule has 0 aliphatic carbocycles. The minimum Gasteiger partial charge on any atom is -0.370 e. The summed E-state index contributed by atoms with van der Waals surface area (Å²) in [5.41, 5.74) is 1.91. The van der Waals surface area contributed by atoms with E-state index in [9.17, 15) is 0 Å². The topological polar surface area (TPSA) is 62.7 Å². The van der Waals surface area contributed by atoms with Gasteiger partial charge < -0.3 is 10.6 Å². The Morgan fingerprint density at radius 2 is 2.06 bits per heavy atom. The molecule has 0 fully saturated rings. The van der Waals surface area contributed by atoms with Crippen molar-refractivity contribution in [3.63, 3.8) is 0 Å². The van der Waals surface area contributed by atoms with Crippen molar-refractivity contribution in [2.75, 3.05) is 17.2 Å².